The maximum Gasteiger partial charge on any atom is 0.00769 e. The molecule has 4 heteroatoms. The predicted molar refractivity (Wildman–Crippen MR) is 116 cm³/mol. The molecule has 0 spiro atoms. The van der Waals surface area contributed by atoms with E-state index in [2.05, 4.69) is 76.7 Å². The van der Waals surface area contributed by atoms with Crippen LogP contribution < -0.4 is 21.3 Å². The SMILES string of the molecule is CC1(C)CNCCNCC(C)(C)CC(C)(C)CNCCNCC(C)(C)C1. The van der Waals surface area contributed by atoms with Crippen molar-refractivity contribution in [3.05, 3.63) is 0 Å². The van der Waals surface area contributed by atoms with Gasteiger partial charge in [0.05, 0.1) is 0 Å². The molecule has 0 saturated carbocycles. The number of rotatable bonds is 0. The van der Waals surface area contributed by atoms with E-state index in [1.165, 1.54) is 12.8 Å². The quantitative estimate of drug-likeness (QED) is 0.530. The fourth-order valence-electron chi connectivity index (χ4n) is 4.90. The number of hydrogen-bond donors (Lipinski definition) is 4. The molecular formula is C22H48N4. The van der Waals surface area contributed by atoms with Crippen LogP contribution in [0.5, 0.6) is 0 Å². The molecule has 0 amide bonds. The maximum absolute atomic E-state index is 3.67. The lowest BCUT2D eigenvalue weighted by Gasteiger charge is -2.37. The Morgan fingerprint density at radius 2 is 0.577 bits per heavy atom. The van der Waals surface area contributed by atoms with E-state index < -0.39 is 0 Å². The first kappa shape index (κ1) is 23.9. The van der Waals surface area contributed by atoms with Crippen LogP contribution in [0.2, 0.25) is 0 Å². The van der Waals surface area contributed by atoms with Crippen molar-refractivity contribution in [1.82, 2.24) is 21.3 Å². The van der Waals surface area contributed by atoms with Crippen molar-refractivity contribution < 1.29 is 0 Å². The smallest absolute Gasteiger partial charge is 0.00769 e. The van der Waals surface area contributed by atoms with Crippen LogP contribution >= 0.6 is 0 Å². The van der Waals surface area contributed by atoms with E-state index in [9.17, 15) is 0 Å². The third-order valence-electron chi connectivity index (χ3n) is 5.29. The summed E-state index contributed by atoms with van der Waals surface area (Å²) in [6.07, 6.45) is 2.45. The van der Waals surface area contributed by atoms with Gasteiger partial charge in [-0.15, -0.1) is 0 Å². The zero-order chi connectivity index (χ0) is 19.9. The summed E-state index contributed by atoms with van der Waals surface area (Å²) >= 11 is 0. The van der Waals surface area contributed by atoms with E-state index in [0.29, 0.717) is 21.7 Å². The maximum atomic E-state index is 3.67. The fourth-order valence-corrected chi connectivity index (χ4v) is 4.90. The highest BCUT2D eigenvalue weighted by Gasteiger charge is 2.30. The van der Waals surface area contributed by atoms with Gasteiger partial charge in [0.1, 0.15) is 0 Å². The second-order valence-corrected chi connectivity index (χ2v) is 11.7. The first-order valence-electron chi connectivity index (χ1n) is 10.7. The molecule has 4 N–H and O–H groups in total. The Kier molecular flexibility index (Phi) is 9.06. The molecule has 0 unspecified atom stereocenters. The van der Waals surface area contributed by atoms with Crippen molar-refractivity contribution in [3.63, 3.8) is 0 Å². The van der Waals surface area contributed by atoms with Crippen molar-refractivity contribution >= 4 is 0 Å². The molecule has 1 heterocycles. The minimum Gasteiger partial charge on any atom is -0.315 e. The molecule has 4 nitrogen and oxygen atoms in total. The minimum absolute atomic E-state index is 0.318. The van der Waals surface area contributed by atoms with E-state index in [4.69, 9.17) is 0 Å². The van der Waals surface area contributed by atoms with Crippen LogP contribution in [-0.4, -0.2) is 52.4 Å². The van der Waals surface area contributed by atoms with Crippen LogP contribution in [0.15, 0.2) is 0 Å². The average molecular weight is 369 g/mol. The van der Waals surface area contributed by atoms with Gasteiger partial charge in [-0.2, -0.15) is 0 Å². The summed E-state index contributed by atoms with van der Waals surface area (Å²) in [5.41, 5.74) is 1.27. The highest BCUT2D eigenvalue weighted by atomic mass is 15.0. The molecular weight excluding hydrogens is 320 g/mol. The summed E-state index contributed by atoms with van der Waals surface area (Å²) in [5.74, 6) is 0. The van der Waals surface area contributed by atoms with E-state index in [0.717, 1.165) is 52.4 Å². The molecule has 0 bridgehead atoms. The van der Waals surface area contributed by atoms with Gasteiger partial charge in [0.15, 0.2) is 0 Å². The minimum atomic E-state index is 0.318. The molecule has 0 atom stereocenters. The van der Waals surface area contributed by atoms with Crippen LogP contribution in [0.1, 0.15) is 68.2 Å². The summed E-state index contributed by atoms with van der Waals surface area (Å²) in [6, 6.07) is 0. The second kappa shape index (κ2) is 9.86. The lowest BCUT2D eigenvalue weighted by molar-refractivity contribution is 0.175. The Morgan fingerprint density at radius 1 is 0.385 bits per heavy atom. The Balaban J connectivity index is 2.63. The molecule has 0 aromatic heterocycles. The van der Waals surface area contributed by atoms with E-state index in [1.54, 1.807) is 0 Å². The van der Waals surface area contributed by atoms with Crippen molar-refractivity contribution in [2.24, 2.45) is 21.7 Å². The van der Waals surface area contributed by atoms with Gasteiger partial charge in [-0.05, 0) is 34.5 Å². The fraction of sp³-hybridized carbons (Fsp3) is 1.00. The molecule has 1 saturated heterocycles. The lowest BCUT2D eigenvalue weighted by atomic mass is 9.74. The third-order valence-corrected chi connectivity index (χ3v) is 5.29. The average Bonchev–Trinajstić information content (AvgIpc) is 2.43. The van der Waals surface area contributed by atoms with Gasteiger partial charge in [0.2, 0.25) is 0 Å². The Morgan fingerprint density at radius 3 is 0.769 bits per heavy atom. The summed E-state index contributed by atoms with van der Waals surface area (Å²) in [6.45, 7) is 27.6. The largest absolute Gasteiger partial charge is 0.315 e. The van der Waals surface area contributed by atoms with Crippen LogP contribution in [0.25, 0.3) is 0 Å². The highest BCUT2D eigenvalue weighted by Crippen LogP contribution is 2.33. The molecule has 156 valence electrons. The van der Waals surface area contributed by atoms with Crippen molar-refractivity contribution in [2.45, 2.75) is 68.2 Å². The monoisotopic (exact) mass is 368 g/mol. The van der Waals surface area contributed by atoms with Crippen LogP contribution in [-0.2, 0) is 0 Å². The molecule has 0 aliphatic carbocycles. The van der Waals surface area contributed by atoms with Crippen LogP contribution in [0.4, 0.5) is 0 Å². The zero-order valence-corrected chi connectivity index (χ0v) is 19.1. The van der Waals surface area contributed by atoms with Gasteiger partial charge in [0, 0.05) is 52.4 Å². The normalized spacial score (nSPS) is 28.6. The molecule has 1 aliphatic heterocycles. The van der Waals surface area contributed by atoms with Crippen LogP contribution in [0, 0.1) is 21.7 Å². The van der Waals surface area contributed by atoms with Gasteiger partial charge < -0.3 is 21.3 Å². The zero-order valence-electron chi connectivity index (χ0n) is 19.1. The Bertz CT molecular complexity index is 325. The number of nitrogens with one attached hydrogen (secondary N) is 4. The molecule has 0 aromatic carbocycles. The van der Waals surface area contributed by atoms with Gasteiger partial charge in [-0.3, -0.25) is 0 Å². The first-order valence-corrected chi connectivity index (χ1v) is 10.7. The molecule has 0 radical (unpaired) electrons. The van der Waals surface area contributed by atoms with E-state index in [-0.39, 0.29) is 0 Å². The van der Waals surface area contributed by atoms with Crippen LogP contribution in [0.3, 0.4) is 0 Å². The van der Waals surface area contributed by atoms with Crippen molar-refractivity contribution in [3.8, 4) is 0 Å². The molecule has 1 rings (SSSR count). The lowest BCUT2D eigenvalue weighted by Crippen LogP contribution is -2.43. The second-order valence-electron chi connectivity index (χ2n) is 11.7. The summed E-state index contributed by atoms with van der Waals surface area (Å²) < 4.78 is 0. The summed E-state index contributed by atoms with van der Waals surface area (Å²) in [5, 5.41) is 14.7. The van der Waals surface area contributed by atoms with Gasteiger partial charge in [-0.1, -0.05) is 55.4 Å². The van der Waals surface area contributed by atoms with Crippen molar-refractivity contribution in [1.29, 1.82) is 0 Å². The standard InChI is InChI=1S/C22H48N4/c1-19(2)13-20(3,4)16-24-11-12-26-18-22(7,8)14-21(5,6)17-25-10-9-23-15-19/h23-26H,9-18H2,1-8H3. The van der Waals surface area contributed by atoms with Gasteiger partial charge in [0.25, 0.3) is 0 Å². The summed E-state index contributed by atoms with van der Waals surface area (Å²) in [4.78, 5) is 0. The highest BCUT2D eigenvalue weighted by molar-refractivity contribution is 4.84. The van der Waals surface area contributed by atoms with Gasteiger partial charge >= 0.3 is 0 Å². The predicted octanol–water partition coefficient (Wildman–Crippen LogP) is 3.24. The molecule has 1 aliphatic rings. The number of hydrogen-bond acceptors (Lipinski definition) is 4. The van der Waals surface area contributed by atoms with Gasteiger partial charge in [-0.25, -0.2) is 0 Å². The van der Waals surface area contributed by atoms with E-state index in [1.807, 2.05) is 0 Å². The topological polar surface area (TPSA) is 48.1 Å². The molecule has 26 heavy (non-hydrogen) atoms. The third kappa shape index (κ3) is 10.9. The Hall–Kier alpha value is -0.160. The summed E-state index contributed by atoms with van der Waals surface area (Å²) in [7, 11) is 0. The van der Waals surface area contributed by atoms with Crippen molar-refractivity contribution in [2.75, 3.05) is 52.4 Å². The first-order chi connectivity index (χ1) is 11.8. The van der Waals surface area contributed by atoms with E-state index >= 15 is 0 Å². The Labute approximate surface area is 164 Å². The molecule has 0 aromatic rings. The molecule has 1 fully saturated rings.